The summed E-state index contributed by atoms with van der Waals surface area (Å²) in [6.45, 7) is 2.66. The van der Waals surface area contributed by atoms with Crippen molar-refractivity contribution in [1.29, 1.82) is 0 Å². The molecule has 1 aromatic rings. The van der Waals surface area contributed by atoms with Crippen LogP contribution in [0.15, 0.2) is 18.2 Å². The predicted molar refractivity (Wildman–Crippen MR) is 65.1 cm³/mol. The van der Waals surface area contributed by atoms with Crippen molar-refractivity contribution in [1.82, 2.24) is 0 Å². The van der Waals surface area contributed by atoms with Crippen molar-refractivity contribution in [3.63, 3.8) is 0 Å². The van der Waals surface area contributed by atoms with E-state index < -0.39 is 17.7 Å². The number of rotatable bonds is 5. The van der Waals surface area contributed by atoms with Gasteiger partial charge in [-0.1, -0.05) is 0 Å². The number of hydrogen-bond acceptors (Lipinski definition) is 3. The van der Waals surface area contributed by atoms with Crippen molar-refractivity contribution in [3.05, 3.63) is 35.4 Å². The van der Waals surface area contributed by atoms with Gasteiger partial charge in [0.05, 0.1) is 12.7 Å². The first-order valence-electron chi connectivity index (χ1n) is 6.30. The number of Topliss-reactive ketones (excluding diaryl/α,β-unsaturated/α-hetero) is 1. The highest BCUT2D eigenvalue weighted by atomic mass is 19.2. The Morgan fingerprint density at radius 2 is 2.26 bits per heavy atom. The Morgan fingerprint density at radius 1 is 1.47 bits per heavy atom. The van der Waals surface area contributed by atoms with Crippen LogP contribution in [-0.2, 0) is 9.47 Å². The van der Waals surface area contributed by atoms with E-state index in [0.717, 1.165) is 31.6 Å². The second-order valence-corrected chi connectivity index (χ2v) is 4.60. The van der Waals surface area contributed by atoms with Crippen molar-refractivity contribution >= 4 is 5.78 Å². The van der Waals surface area contributed by atoms with Gasteiger partial charge in [-0.15, -0.1) is 0 Å². The van der Waals surface area contributed by atoms with Gasteiger partial charge in [0.1, 0.15) is 6.10 Å². The summed E-state index contributed by atoms with van der Waals surface area (Å²) in [5.41, 5.74) is 0.110. The average Bonchev–Trinajstić information content (AvgIpc) is 2.91. The fourth-order valence-electron chi connectivity index (χ4n) is 1.99. The maximum absolute atomic E-state index is 13.0. The Balaban J connectivity index is 1.92. The number of ketones is 1. The van der Waals surface area contributed by atoms with Crippen LogP contribution in [0.2, 0.25) is 0 Å². The highest BCUT2D eigenvalue weighted by Crippen LogP contribution is 2.15. The molecule has 2 unspecified atom stereocenters. The van der Waals surface area contributed by atoms with Crippen LogP contribution in [0, 0.1) is 11.6 Å². The first kappa shape index (κ1) is 14.1. The standard InChI is InChI=1S/C14H16F2O3/c1-9(19-8-11-3-2-6-18-11)14(17)10-4-5-12(15)13(16)7-10/h4-5,7,9,11H,2-3,6,8H2,1H3. The van der Waals surface area contributed by atoms with Gasteiger partial charge in [-0.25, -0.2) is 8.78 Å². The average molecular weight is 270 g/mol. The molecular weight excluding hydrogens is 254 g/mol. The predicted octanol–water partition coefficient (Wildman–Crippen LogP) is 2.73. The van der Waals surface area contributed by atoms with Gasteiger partial charge in [-0.2, -0.15) is 0 Å². The van der Waals surface area contributed by atoms with Crippen LogP contribution < -0.4 is 0 Å². The van der Waals surface area contributed by atoms with Gasteiger partial charge in [-0.3, -0.25) is 4.79 Å². The minimum atomic E-state index is -1.03. The molecule has 0 spiro atoms. The Morgan fingerprint density at radius 3 is 2.89 bits per heavy atom. The largest absolute Gasteiger partial charge is 0.376 e. The normalized spacial score (nSPS) is 20.5. The zero-order valence-electron chi connectivity index (χ0n) is 10.7. The molecule has 2 atom stereocenters. The molecule has 1 saturated heterocycles. The van der Waals surface area contributed by atoms with Gasteiger partial charge in [0.15, 0.2) is 17.4 Å². The molecule has 1 heterocycles. The highest BCUT2D eigenvalue weighted by Gasteiger charge is 2.21. The van der Waals surface area contributed by atoms with Gasteiger partial charge < -0.3 is 9.47 Å². The number of hydrogen-bond donors (Lipinski definition) is 0. The summed E-state index contributed by atoms with van der Waals surface area (Å²) in [7, 11) is 0. The van der Waals surface area contributed by atoms with Crippen LogP contribution in [0.1, 0.15) is 30.1 Å². The molecule has 1 aromatic carbocycles. The number of ether oxygens (including phenoxy) is 2. The molecule has 5 heteroatoms. The summed E-state index contributed by atoms with van der Waals surface area (Å²) in [6, 6.07) is 3.09. The van der Waals surface area contributed by atoms with Crippen LogP contribution in [0.5, 0.6) is 0 Å². The van der Waals surface area contributed by atoms with Crippen molar-refractivity contribution < 1.29 is 23.0 Å². The number of benzene rings is 1. The zero-order chi connectivity index (χ0) is 13.8. The second-order valence-electron chi connectivity index (χ2n) is 4.60. The van der Waals surface area contributed by atoms with Crippen molar-refractivity contribution in [2.45, 2.75) is 32.0 Å². The third-order valence-corrected chi connectivity index (χ3v) is 3.13. The summed E-state index contributed by atoms with van der Waals surface area (Å²) >= 11 is 0. The van der Waals surface area contributed by atoms with Crippen molar-refractivity contribution in [2.24, 2.45) is 0 Å². The van der Waals surface area contributed by atoms with E-state index in [1.165, 1.54) is 6.07 Å². The molecule has 0 N–H and O–H groups in total. The summed E-state index contributed by atoms with van der Waals surface area (Å²) < 4.78 is 36.6. The zero-order valence-corrected chi connectivity index (χ0v) is 10.7. The van der Waals surface area contributed by atoms with E-state index in [9.17, 15) is 13.6 Å². The lowest BCUT2D eigenvalue weighted by Crippen LogP contribution is -2.26. The molecule has 0 saturated carbocycles. The molecule has 1 aliphatic heterocycles. The first-order valence-corrected chi connectivity index (χ1v) is 6.30. The molecule has 0 aromatic heterocycles. The fourth-order valence-corrected chi connectivity index (χ4v) is 1.99. The molecule has 1 aliphatic rings. The van der Waals surface area contributed by atoms with Crippen molar-refractivity contribution in [3.8, 4) is 0 Å². The Bertz CT molecular complexity index is 456. The van der Waals surface area contributed by atoms with E-state index in [1.54, 1.807) is 6.92 Å². The van der Waals surface area contributed by atoms with Crippen LogP contribution >= 0.6 is 0 Å². The molecule has 0 amide bonds. The SMILES string of the molecule is CC(OCC1CCCO1)C(=O)c1ccc(F)c(F)c1. The van der Waals surface area contributed by atoms with Gasteiger partial charge in [0, 0.05) is 12.2 Å². The molecule has 0 aliphatic carbocycles. The highest BCUT2D eigenvalue weighted by molar-refractivity contribution is 5.99. The molecule has 0 radical (unpaired) electrons. The van der Waals surface area contributed by atoms with Crippen LogP contribution in [0.4, 0.5) is 8.78 Å². The Kier molecular flexibility index (Phi) is 4.61. The number of halogens is 2. The first-order chi connectivity index (χ1) is 9.08. The lowest BCUT2D eigenvalue weighted by atomic mass is 10.1. The summed E-state index contributed by atoms with van der Waals surface area (Å²) in [5.74, 6) is -2.36. The van der Waals surface area contributed by atoms with Crippen LogP contribution in [0.25, 0.3) is 0 Å². The van der Waals surface area contributed by atoms with E-state index >= 15 is 0 Å². The molecular formula is C14H16F2O3. The van der Waals surface area contributed by atoms with E-state index in [4.69, 9.17) is 9.47 Å². The molecule has 104 valence electrons. The van der Waals surface area contributed by atoms with E-state index in [2.05, 4.69) is 0 Å². The molecule has 19 heavy (non-hydrogen) atoms. The Labute approximate surface area is 110 Å². The van der Waals surface area contributed by atoms with Gasteiger partial charge in [0.25, 0.3) is 0 Å². The monoisotopic (exact) mass is 270 g/mol. The summed E-state index contributed by atoms with van der Waals surface area (Å²) in [5, 5.41) is 0. The van der Waals surface area contributed by atoms with E-state index in [1.807, 2.05) is 0 Å². The molecule has 0 bridgehead atoms. The van der Waals surface area contributed by atoms with E-state index in [-0.39, 0.29) is 17.5 Å². The fraction of sp³-hybridized carbons (Fsp3) is 0.500. The number of carbonyl (C=O) groups is 1. The smallest absolute Gasteiger partial charge is 0.191 e. The van der Waals surface area contributed by atoms with Crippen LogP contribution in [0.3, 0.4) is 0 Å². The minimum Gasteiger partial charge on any atom is -0.376 e. The van der Waals surface area contributed by atoms with Crippen molar-refractivity contribution in [2.75, 3.05) is 13.2 Å². The third-order valence-electron chi connectivity index (χ3n) is 3.13. The van der Waals surface area contributed by atoms with Crippen LogP contribution in [-0.4, -0.2) is 31.2 Å². The minimum absolute atomic E-state index is 0.0280. The maximum Gasteiger partial charge on any atom is 0.191 e. The van der Waals surface area contributed by atoms with Gasteiger partial charge in [0.2, 0.25) is 0 Å². The maximum atomic E-state index is 13.0. The third kappa shape index (κ3) is 3.58. The number of carbonyl (C=O) groups excluding carboxylic acids is 1. The second kappa shape index (κ2) is 6.21. The summed E-state index contributed by atoms with van der Waals surface area (Å²) in [6.07, 6.45) is 1.25. The Hall–Kier alpha value is -1.33. The van der Waals surface area contributed by atoms with Gasteiger partial charge >= 0.3 is 0 Å². The lowest BCUT2D eigenvalue weighted by Gasteiger charge is -2.15. The van der Waals surface area contributed by atoms with E-state index in [0.29, 0.717) is 6.61 Å². The topological polar surface area (TPSA) is 35.5 Å². The lowest BCUT2D eigenvalue weighted by molar-refractivity contribution is -0.00760. The molecule has 2 rings (SSSR count). The summed E-state index contributed by atoms with van der Waals surface area (Å²) in [4.78, 5) is 12.0. The molecule has 3 nitrogen and oxygen atoms in total. The van der Waals surface area contributed by atoms with Gasteiger partial charge in [-0.05, 0) is 38.0 Å². The quantitative estimate of drug-likeness (QED) is 0.772. The molecule has 1 fully saturated rings.